The summed E-state index contributed by atoms with van der Waals surface area (Å²) in [6, 6.07) is 14.0. The third-order valence-corrected chi connectivity index (χ3v) is 5.28. The first-order valence-corrected chi connectivity index (χ1v) is 10.3. The second kappa shape index (κ2) is 7.89. The Labute approximate surface area is 158 Å². The number of aromatic nitrogens is 2. The van der Waals surface area contributed by atoms with Crippen molar-refractivity contribution in [3.8, 4) is 0 Å². The molecule has 0 fully saturated rings. The van der Waals surface area contributed by atoms with E-state index in [0.29, 0.717) is 19.5 Å². The van der Waals surface area contributed by atoms with Gasteiger partial charge in [0, 0.05) is 25.9 Å². The number of nitrogens with two attached hydrogens (primary N) is 1. The molecular formula is C19H22N4O3S. The van der Waals surface area contributed by atoms with Crippen LogP contribution in [-0.4, -0.2) is 23.9 Å². The van der Waals surface area contributed by atoms with Gasteiger partial charge >= 0.3 is 0 Å². The van der Waals surface area contributed by atoms with Crippen molar-refractivity contribution in [3.63, 3.8) is 0 Å². The maximum atomic E-state index is 12.2. The van der Waals surface area contributed by atoms with E-state index in [9.17, 15) is 13.2 Å². The average Bonchev–Trinajstić information content (AvgIpc) is 3.02. The number of sulfonamides is 1. The Kier molecular flexibility index (Phi) is 5.57. The Morgan fingerprint density at radius 3 is 2.52 bits per heavy atom. The van der Waals surface area contributed by atoms with Crippen molar-refractivity contribution in [1.82, 2.24) is 14.9 Å². The first kappa shape index (κ1) is 19.1. The van der Waals surface area contributed by atoms with Crippen molar-refractivity contribution < 1.29 is 13.2 Å². The van der Waals surface area contributed by atoms with E-state index in [2.05, 4.69) is 14.9 Å². The van der Waals surface area contributed by atoms with Crippen LogP contribution < -0.4 is 10.5 Å². The van der Waals surface area contributed by atoms with E-state index < -0.39 is 10.0 Å². The number of nitrogens with zero attached hydrogens (tertiary/aromatic N) is 2. The zero-order valence-corrected chi connectivity index (χ0v) is 15.9. The number of primary sulfonamides is 1. The van der Waals surface area contributed by atoms with Crippen LogP contribution in [0.3, 0.4) is 0 Å². The van der Waals surface area contributed by atoms with Gasteiger partial charge in [0.1, 0.15) is 5.82 Å². The number of hydrogen-bond donors (Lipinski definition) is 2. The minimum atomic E-state index is -3.71. The lowest BCUT2D eigenvalue weighted by Gasteiger charge is -2.09. The van der Waals surface area contributed by atoms with Crippen molar-refractivity contribution in [2.45, 2.75) is 37.8 Å². The van der Waals surface area contributed by atoms with Crippen molar-refractivity contribution in [2.75, 3.05) is 0 Å². The number of imidazole rings is 1. The fourth-order valence-electron chi connectivity index (χ4n) is 2.94. The maximum absolute atomic E-state index is 12.2. The van der Waals surface area contributed by atoms with Crippen LogP contribution in [0.2, 0.25) is 0 Å². The molecule has 0 atom stereocenters. The predicted octanol–water partition coefficient (Wildman–Crippen LogP) is 1.95. The molecule has 0 unspecified atom stereocenters. The van der Waals surface area contributed by atoms with Gasteiger partial charge in [-0.15, -0.1) is 0 Å². The van der Waals surface area contributed by atoms with Gasteiger partial charge in [0.2, 0.25) is 15.9 Å². The summed E-state index contributed by atoms with van der Waals surface area (Å²) in [6.45, 7) is 2.93. The van der Waals surface area contributed by atoms with E-state index in [-0.39, 0.29) is 10.8 Å². The van der Waals surface area contributed by atoms with E-state index in [4.69, 9.17) is 5.14 Å². The van der Waals surface area contributed by atoms with E-state index in [1.807, 2.05) is 31.2 Å². The molecule has 1 heterocycles. The van der Waals surface area contributed by atoms with Gasteiger partial charge in [-0.1, -0.05) is 31.2 Å². The van der Waals surface area contributed by atoms with Crippen molar-refractivity contribution in [3.05, 3.63) is 59.9 Å². The third-order valence-electron chi connectivity index (χ3n) is 4.35. The highest BCUT2D eigenvalue weighted by Gasteiger charge is 2.11. The summed E-state index contributed by atoms with van der Waals surface area (Å²) in [6.07, 6.45) is 1.13. The van der Waals surface area contributed by atoms with Crippen LogP contribution in [0.4, 0.5) is 0 Å². The monoisotopic (exact) mass is 386 g/mol. The van der Waals surface area contributed by atoms with Gasteiger partial charge in [0.15, 0.2) is 0 Å². The Morgan fingerprint density at radius 1 is 1.15 bits per heavy atom. The number of carbonyl (C=O) groups is 1. The second-order valence-electron chi connectivity index (χ2n) is 6.24. The number of benzene rings is 2. The number of fused-ring (bicyclic) bond motifs is 1. The van der Waals surface area contributed by atoms with Gasteiger partial charge in [0.05, 0.1) is 15.9 Å². The Morgan fingerprint density at radius 2 is 1.85 bits per heavy atom. The number of rotatable bonds is 7. The molecule has 3 aromatic rings. The van der Waals surface area contributed by atoms with Crippen LogP contribution in [-0.2, 0) is 34.3 Å². The molecule has 7 nitrogen and oxygen atoms in total. The molecule has 27 heavy (non-hydrogen) atoms. The normalized spacial score (nSPS) is 11.6. The largest absolute Gasteiger partial charge is 0.352 e. The predicted molar refractivity (Wildman–Crippen MR) is 103 cm³/mol. The summed E-state index contributed by atoms with van der Waals surface area (Å²) in [5.74, 6) is 0.882. The summed E-state index contributed by atoms with van der Waals surface area (Å²) in [5.41, 5.74) is 2.77. The maximum Gasteiger partial charge on any atom is 0.238 e. The molecule has 3 rings (SSSR count). The topological polar surface area (TPSA) is 107 Å². The number of carbonyl (C=O) groups excluding carboxylic acids is 1. The molecule has 8 heteroatoms. The van der Waals surface area contributed by atoms with Gasteiger partial charge < -0.3 is 9.88 Å². The van der Waals surface area contributed by atoms with Crippen LogP contribution in [0.5, 0.6) is 0 Å². The highest BCUT2D eigenvalue weighted by molar-refractivity contribution is 7.89. The molecule has 142 valence electrons. The van der Waals surface area contributed by atoms with Crippen LogP contribution >= 0.6 is 0 Å². The fraction of sp³-hybridized carbons (Fsp3) is 0.263. The minimum Gasteiger partial charge on any atom is -0.352 e. The average molecular weight is 386 g/mol. The molecule has 2 aromatic carbocycles. The highest BCUT2D eigenvalue weighted by atomic mass is 32.2. The molecule has 0 saturated carbocycles. The Hall–Kier alpha value is -2.71. The lowest BCUT2D eigenvalue weighted by atomic mass is 10.2. The van der Waals surface area contributed by atoms with Crippen LogP contribution in [0, 0.1) is 0 Å². The highest BCUT2D eigenvalue weighted by Crippen LogP contribution is 2.17. The molecule has 0 bridgehead atoms. The summed E-state index contributed by atoms with van der Waals surface area (Å²) < 4.78 is 24.6. The lowest BCUT2D eigenvalue weighted by molar-refractivity contribution is -0.121. The first-order valence-electron chi connectivity index (χ1n) is 8.71. The molecule has 0 saturated heterocycles. The van der Waals surface area contributed by atoms with Gasteiger partial charge in [-0.25, -0.2) is 18.5 Å². The summed E-state index contributed by atoms with van der Waals surface area (Å²) in [7, 11) is -3.71. The van der Waals surface area contributed by atoms with Crippen molar-refractivity contribution >= 4 is 27.0 Å². The standard InChI is InChI=1S/C19H22N4O3S/c1-2-18-22-16-5-3-4-6-17(16)23(18)12-11-19(24)21-13-14-7-9-15(10-8-14)27(20,25)26/h3-10H,2,11-13H2,1H3,(H,21,24)(H2,20,25,26). The fourth-order valence-corrected chi connectivity index (χ4v) is 3.46. The second-order valence-corrected chi connectivity index (χ2v) is 7.80. The third kappa shape index (κ3) is 4.53. The van der Waals surface area contributed by atoms with E-state index >= 15 is 0 Å². The van der Waals surface area contributed by atoms with Gasteiger partial charge in [-0.2, -0.15) is 0 Å². The summed E-state index contributed by atoms with van der Waals surface area (Å²) in [4.78, 5) is 16.9. The molecule has 0 aliphatic heterocycles. The summed E-state index contributed by atoms with van der Waals surface area (Å²) in [5, 5.41) is 7.92. The number of hydrogen-bond acceptors (Lipinski definition) is 4. The van der Waals surface area contributed by atoms with Crippen LogP contribution in [0.25, 0.3) is 11.0 Å². The van der Waals surface area contributed by atoms with Gasteiger partial charge in [0.25, 0.3) is 0 Å². The number of aryl methyl sites for hydroxylation is 2. The SMILES string of the molecule is CCc1nc2ccccc2n1CCC(=O)NCc1ccc(S(N)(=O)=O)cc1. The molecule has 0 aliphatic rings. The Bertz CT molecular complexity index is 1060. The smallest absolute Gasteiger partial charge is 0.238 e. The van der Waals surface area contributed by atoms with Crippen LogP contribution in [0.15, 0.2) is 53.4 Å². The lowest BCUT2D eigenvalue weighted by Crippen LogP contribution is -2.24. The van der Waals surface area contributed by atoms with E-state index in [0.717, 1.165) is 28.8 Å². The minimum absolute atomic E-state index is 0.0525. The molecule has 0 aliphatic carbocycles. The molecular weight excluding hydrogens is 364 g/mol. The molecule has 3 N–H and O–H groups in total. The summed E-state index contributed by atoms with van der Waals surface area (Å²) >= 11 is 0. The van der Waals surface area contributed by atoms with Crippen molar-refractivity contribution in [2.24, 2.45) is 5.14 Å². The van der Waals surface area contributed by atoms with E-state index in [1.165, 1.54) is 12.1 Å². The zero-order chi connectivity index (χ0) is 19.4. The number of nitrogens with one attached hydrogen (secondary N) is 1. The van der Waals surface area contributed by atoms with Gasteiger partial charge in [-0.3, -0.25) is 4.79 Å². The molecule has 1 aromatic heterocycles. The van der Waals surface area contributed by atoms with Crippen LogP contribution in [0.1, 0.15) is 24.7 Å². The quantitative estimate of drug-likeness (QED) is 0.647. The number of para-hydroxylation sites is 2. The Balaban J connectivity index is 1.59. The van der Waals surface area contributed by atoms with Gasteiger partial charge in [-0.05, 0) is 29.8 Å². The number of amides is 1. The first-order chi connectivity index (χ1) is 12.9. The van der Waals surface area contributed by atoms with Crippen molar-refractivity contribution in [1.29, 1.82) is 0 Å². The molecule has 1 amide bonds. The molecule has 0 radical (unpaired) electrons. The van der Waals surface area contributed by atoms with E-state index in [1.54, 1.807) is 12.1 Å². The zero-order valence-electron chi connectivity index (χ0n) is 15.1. The molecule has 0 spiro atoms.